The predicted octanol–water partition coefficient (Wildman–Crippen LogP) is 16.8. The van der Waals surface area contributed by atoms with E-state index < -0.39 is 6.10 Å². The van der Waals surface area contributed by atoms with Crippen molar-refractivity contribution in [3.8, 4) is 0 Å². The van der Waals surface area contributed by atoms with E-state index in [1.807, 2.05) is 0 Å². The van der Waals surface area contributed by atoms with Crippen LogP contribution in [0.3, 0.4) is 0 Å². The molecule has 0 aromatic heterocycles. The zero-order chi connectivity index (χ0) is 43.0. The van der Waals surface area contributed by atoms with Crippen molar-refractivity contribution in [1.29, 1.82) is 0 Å². The van der Waals surface area contributed by atoms with Crippen molar-refractivity contribution in [2.45, 2.75) is 284 Å². The first-order chi connectivity index (χ1) is 29.0. The fraction of sp³-hybridized carbons (Fsp3) is 0.868. The van der Waals surface area contributed by atoms with Gasteiger partial charge >= 0.3 is 17.9 Å². The second kappa shape index (κ2) is 48.6. The molecule has 0 aliphatic heterocycles. The van der Waals surface area contributed by atoms with Crippen molar-refractivity contribution < 1.29 is 28.6 Å². The number of esters is 3. The third-order valence-electron chi connectivity index (χ3n) is 11.5. The average Bonchev–Trinajstić information content (AvgIpc) is 3.23. The van der Waals surface area contributed by atoms with Crippen LogP contribution in [0, 0.1) is 0 Å². The molecule has 0 heterocycles. The maximum atomic E-state index is 12.7. The molecular weight excluding hydrogens is 733 g/mol. The van der Waals surface area contributed by atoms with Crippen molar-refractivity contribution in [3.05, 3.63) is 24.3 Å². The highest BCUT2D eigenvalue weighted by Gasteiger charge is 2.19. The van der Waals surface area contributed by atoms with Gasteiger partial charge in [-0.15, -0.1) is 0 Å². The van der Waals surface area contributed by atoms with Gasteiger partial charge in [0, 0.05) is 19.3 Å². The number of allylic oxidation sites excluding steroid dienone is 4. The van der Waals surface area contributed by atoms with Crippen molar-refractivity contribution in [1.82, 2.24) is 0 Å². The van der Waals surface area contributed by atoms with Crippen LogP contribution in [-0.4, -0.2) is 37.2 Å². The van der Waals surface area contributed by atoms with Gasteiger partial charge in [0.2, 0.25) is 0 Å². The number of carbonyl (C=O) groups is 3. The van der Waals surface area contributed by atoms with Gasteiger partial charge in [0.1, 0.15) is 13.2 Å². The number of hydrogen-bond acceptors (Lipinski definition) is 6. The minimum absolute atomic E-state index is 0.0685. The van der Waals surface area contributed by atoms with Crippen LogP contribution < -0.4 is 0 Å². The zero-order valence-electron chi connectivity index (χ0n) is 39.5. The second-order valence-electron chi connectivity index (χ2n) is 17.4. The topological polar surface area (TPSA) is 78.9 Å². The molecule has 0 amide bonds. The molecule has 0 saturated heterocycles. The van der Waals surface area contributed by atoms with E-state index in [4.69, 9.17) is 14.2 Å². The number of hydrogen-bond donors (Lipinski definition) is 0. The average molecular weight is 831 g/mol. The Labute approximate surface area is 366 Å². The standard InChI is InChI=1S/C53H98O6/c1-4-7-10-13-16-18-20-22-23-24-25-26-27-28-29-30-31-32-34-35-37-40-43-46-52(55)58-49-50(48-57-51(54)45-42-39-15-12-9-6-3)59-53(56)47-44-41-38-36-33-21-19-17-14-11-8-5-2/h20,22,24-25,50H,4-19,21,23,26-49H2,1-3H3/b22-20-,25-24-. The van der Waals surface area contributed by atoms with E-state index in [-0.39, 0.29) is 31.1 Å². The van der Waals surface area contributed by atoms with Gasteiger partial charge < -0.3 is 14.2 Å². The minimum atomic E-state index is -0.763. The molecule has 0 radical (unpaired) electrons. The SMILES string of the molecule is CCCCCCC/C=C\C/C=C\CCCCCCCCCCCCCC(=O)OCC(COC(=O)CCCCCCCC)OC(=O)CCCCCCCCCCCCCC. The molecule has 0 saturated carbocycles. The van der Waals surface area contributed by atoms with Gasteiger partial charge in [0.05, 0.1) is 0 Å². The van der Waals surface area contributed by atoms with Crippen molar-refractivity contribution in [2.75, 3.05) is 13.2 Å². The number of rotatable bonds is 47. The summed E-state index contributed by atoms with van der Waals surface area (Å²) in [6.45, 7) is 6.58. The highest BCUT2D eigenvalue weighted by molar-refractivity contribution is 5.71. The fourth-order valence-electron chi connectivity index (χ4n) is 7.53. The molecule has 346 valence electrons. The molecule has 0 fully saturated rings. The lowest BCUT2D eigenvalue weighted by Gasteiger charge is -2.18. The Balaban J connectivity index is 4.10. The van der Waals surface area contributed by atoms with Gasteiger partial charge in [-0.3, -0.25) is 14.4 Å². The van der Waals surface area contributed by atoms with Gasteiger partial charge in [-0.25, -0.2) is 0 Å². The van der Waals surface area contributed by atoms with Gasteiger partial charge in [0.15, 0.2) is 6.10 Å². The Morgan fingerprint density at radius 2 is 0.610 bits per heavy atom. The Bertz CT molecular complexity index is 958. The molecule has 59 heavy (non-hydrogen) atoms. The first-order valence-electron chi connectivity index (χ1n) is 25.8. The first-order valence-corrected chi connectivity index (χ1v) is 25.8. The van der Waals surface area contributed by atoms with Gasteiger partial charge in [-0.05, 0) is 51.4 Å². The maximum Gasteiger partial charge on any atom is 0.306 e. The highest BCUT2D eigenvalue weighted by atomic mass is 16.6. The highest BCUT2D eigenvalue weighted by Crippen LogP contribution is 2.16. The third kappa shape index (κ3) is 46.8. The molecule has 6 heteroatoms. The predicted molar refractivity (Wildman–Crippen MR) is 252 cm³/mol. The normalized spacial score (nSPS) is 12.1. The molecule has 6 nitrogen and oxygen atoms in total. The van der Waals surface area contributed by atoms with Crippen LogP contribution in [0.2, 0.25) is 0 Å². The molecule has 1 unspecified atom stereocenters. The van der Waals surface area contributed by atoms with Crippen LogP contribution >= 0.6 is 0 Å². The molecule has 0 aromatic carbocycles. The van der Waals surface area contributed by atoms with Crippen molar-refractivity contribution in [2.24, 2.45) is 0 Å². The molecule has 0 aromatic rings. The molecule has 0 rings (SSSR count). The van der Waals surface area contributed by atoms with Crippen LogP contribution in [0.1, 0.15) is 278 Å². The summed E-state index contributed by atoms with van der Waals surface area (Å²) in [7, 11) is 0. The number of ether oxygens (including phenoxy) is 3. The molecule has 0 aliphatic rings. The quantitative estimate of drug-likeness (QED) is 0.0263. The Kier molecular flexibility index (Phi) is 46.8. The van der Waals surface area contributed by atoms with Crippen molar-refractivity contribution in [3.63, 3.8) is 0 Å². The summed E-state index contributed by atoms with van der Waals surface area (Å²) in [5.41, 5.74) is 0. The van der Waals surface area contributed by atoms with Crippen LogP contribution in [0.15, 0.2) is 24.3 Å². The smallest absolute Gasteiger partial charge is 0.306 e. The van der Waals surface area contributed by atoms with E-state index in [9.17, 15) is 14.4 Å². The van der Waals surface area contributed by atoms with Crippen molar-refractivity contribution >= 4 is 17.9 Å². The van der Waals surface area contributed by atoms with Crippen LogP contribution in [-0.2, 0) is 28.6 Å². The Morgan fingerprint density at radius 3 is 0.932 bits per heavy atom. The summed E-state index contributed by atoms with van der Waals surface area (Å²) >= 11 is 0. The maximum absolute atomic E-state index is 12.7. The van der Waals surface area contributed by atoms with Crippen LogP contribution in [0.25, 0.3) is 0 Å². The summed E-state index contributed by atoms with van der Waals surface area (Å²) in [6.07, 6.45) is 54.8. The number of unbranched alkanes of at least 4 members (excludes halogenated alkanes) is 32. The van der Waals surface area contributed by atoms with Gasteiger partial charge in [0.25, 0.3) is 0 Å². The summed E-state index contributed by atoms with van der Waals surface area (Å²) in [5.74, 6) is -0.869. The molecule has 0 bridgehead atoms. The minimum Gasteiger partial charge on any atom is -0.462 e. The zero-order valence-corrected chi connectivity index (χ0v) is 39.5. The van der Waals surface area contributed by atoms with E-state index in [1.165, 1.54) is 173 Å². The lowest BCUT2D eigenvalue weighted by Crippen LogP contribution is -2.30. The van der Waals surface area contributed by atoms with E-state index in [0.29, 0.717) is 19.3 Å². The molecule has 0 aliphatic carbocycles. The van der Waals surface area contributed by atoms with E-state index in [1.54, 1.807) is 0 Å². The Hall–Kier alpha value is -2.11. The van der Waals surface area contributed by atoms with E-state index in [0.717, 1.165) is 64.2 Å². The summed E-state index contributed by atoms with van der Waals surface area (Å²) in [6, 6.07) is 0. The monoisotopic (exact) mass is 831 g/mol. The second-order valence-corrected chi connectivity index (χ2v) is 17.4. The lowest BCUT2D eigenvalue weighted by molar-refractivity contribution is -0.167. The molecule has 0 spiro atoms. The van der Waals surface area contributed by atoms with Gasteiger partial charge in [-0.2, -0.15) is 0 Å². The van der Waals surface area contributed by atoms with Gasteiger partial charge in [-0.1, -0.05) is 231 Å². The largest absolute Gasteiger partial charge is 0.462 e. The third-order valence-corrected chi connectivity index (χ3v) is 11.5. The van der Waals surface area contributed by atoms with Crippen LogP contribution in [0.4, 0.5) is 0 Å². The fourth-order valence-corrected chi connectivity index (χ4v) is 7.53. The summed E-state index contributed by atoms with van der Waals surface area (Å²) in [5, 5.41) is 0. The van der Waals surface area contributed by atoms with E-state index >= 15 is 0 Å². The van der Waals surface area contributed by atoms with Crippen LogP contribution in [0.5, 0.6) is 0 Å². The first kappa shape index (κ1) is 56.9. The molecular formula is C53H98O6. The summed E-state index contributed by atoms with van der Waals surface area (Å²) in [4.78, 5) is 37.7. The lowest BCUT2D eigenvalue weighted by atomic mass is 10.0. The number of carbonyl (C=O) groups excluding carboxylic acids is 3. The molecule has 1 atom stereocenters. The Morgan fingerprint density at radius 1 is 0.339 bits per heavy atom. The van der Waals surface area contributed by atoms with E-state index in [2.05, 4.69) is 45.1 Å². The summed E-state index contributed by atoms with van der Waals surface area (Å²) < 4.78 is 16.7. The molecule has 0 N–H and O–H groups in total.